The second kappa shape index (κ2) is 9.78. The van der Waals surface area contributed by atoms with Gasteiger partial charge in [-0.05, 0) is 69.7 Å². The fourth-order valence-electron chi connectivity index (χ4n) is 2.70. The highest BCUT2D eigenvalue weighted by Crippen LogP contribution is 2.29. The minimum Gasteiger partial charge on any atom is -0.496 e. The average molecular weight is 384 g/mol. The molecule has 0 aliphatic heterocycles. The second-order valence-electron chi connectivity index (χ2n) is 6.72. The molecule has 1 N–H and O–H groups in total. The molecule has 0 saturated carbocycles. The number of hydrogen-bond acceptors (Lipinski definition) is 5. The van der Waals surface area contributed by atoms with Gasteiger partial charge in [0.05, 0.1) is 32.4 Å². The van der Waals surface area contributed by atoms with Crippen molar-refractivity contribution in [2.24, 2.45) is 4.99 Å². The number of methoxy groups -OCH3 is 2. The number of carbonyl (C=O) groups excluding carboxylic acids is 1. The molecule has 28 heavy (non-hydrogen) atoms. The molecular weight excluding hydrogens is 356 g/mol. The minimum absolute atomic E-state index is 0.131. The van der Waals surface area contributed by atoms with Crippen LogP contribution >= 0.6 is 0 Å². The number of nitrogens with one attached hydrogen (secondary N) is 1. The smallest absolute Gasteiger partial charge is 0.310 e. The molecule has 0 atom stereocenters. The number of carbonyl (C=O) groups is 1. The Morgan fingerprint density at radius 3 is 2.39 bits per heavy atom. The summed E-state index contributed by atoms with van der Waals surface area (Å²) in [6.45, 7) is 7.83. The number of esters is 1. The van der Waals surface area contributed by atoms with E-state index in [0.717, 1.165) is 34.1 Å². The number of anilines is 1. The number of benzene rings is 2. The SMILES string of the molecule is COC(=O)Cc1cc(N=C(C)Nc2ccc(OC(C)C)cc2)c(C)cc1OC. The van der Waals surface area contributed by atoms with Gasteiger partial charge in [-0.3, -0.25) is 4.79 Å². The van der Waals surface area contributed by atoms with Crippen molar-refractivity contribution in [2.75, 3.05) is 19.5 Å². The quantitative estimate of drug-likeness (QED) is 0.427. The lowest BCUT2D eigenvalue weighted by Crippen LogP contribution is -2.08. The van der Waals surface area contributed by atoms with Gasteiger partial charge in [0.25, 0.3) is 0 Å². The van der Waals surface area contributed by atoms with E-state index >= 15 is 0 Å². The van der Waals surface area contributed by atoms with Gasteiger partial charge in [-0.1, -0.05) is 0 Å². The van der Waals surface area contributed by atoms with Gasteiger partial charge in [-0.25, -0.2) is 4.99 Å². The van der Waals surface area contributed by atoms with Crippen molar-refractivity contribution < 1.29 is 19.0 Å². The molecule has 0 aromatic heterocycles. The molecule has 0 radical (unpaired) electrons. The lowest BCUT2D eigenvalue weighted by atomic mass is 10.1. The summed E-state index contributed by atoms with van der Waals surface area (Å²) < 4.78 is 15.8. The fraction of sp³-hybridized carbons (Fsp3) is 0.364. The van der Waals surface area contributed by atoms with Crippen molar-refractivity contribution in [3.8, 4) is 11.5 Å². The predicted molar refractivity (Wildman–Crippen MR) is 112 cm³/mol. The summed E-state index contributed by atoms with van der Waals surface area (Å²) in [5.74, 6) is 1.88. The molecule has 0 aliphatic rings. The van der Waals surface area contributed by atoms with Crippen molar-refractivity contribution in [1.29, 1.82) is 0 Å². The van der Waals surface area contributed by atoms with Crippen LogP contribution < -0.4 is 14.8 Å². The molecule has 0 spiro atoms. The largest absolute Gasteiger partial charge is 0.496 e. The minimum atomic E-state index is -0.323. The Bertz CT molecular complexity index is 842. The summed E-state index contributed by atoms with van der Waals surface area (Å²) in [6.07, 6.45) is 0.269. The predicted octanol–water partition coefficient (Wildman–Crippen LogP) is 4.67. The van der Waals surface area contributed by atoms with Crippen LogP contribution in [-0.4, -0.2) is 32.1 Å². The van der Waals surface area contributed by atoms with Crippen LogP contribution in [0.15, 0.2) is 41.4 Å². The number of rotatable bonds is 7. The Morgan fingerprint density at radius 1 is 1.14 bits per heavy atom. The molecule has 2 rings (SSSR count). The molecule has 0 amide bonds. The van der Waals surface area contributed by atoms with E-state index in [-0.39, 0.29) is 18.5 Å². The summed E-state index contributed by atoms with van der Waals surface area (Å²) >= 11 is 0. The van der Waals surface area contributed by atoms with Gasteiger partial charge in [-0.15, -0.1) is 0 Å². The Kier molecular flexibility index (Phi) is 7.44. The lowest BCUT2D eigenvalue weighted by Gasteiger charge is -2.13. The third kappa shape index (κ3) is 6.01. The monoisotopic (exact) mass is 384 g/mol. The van der Waals surface area contributed by atoms with Crippen molar-refractivity contribution >= 4 is 23.2 Å². The van der Waals surface area contributed by atoms with Gasteiger partial charge in [0.1, 0.15) is 17.3 Å². The number of aliphatic imine (C=N–C) groups is 1. The van der Waals surface area contributed by atoms with Crippen LogP contribution in [0.5, 0.6) is 11.5 Å². The Hall–Kier alpha value is -3.02. The second-order valence-corrected chi connectivity index (χ2v) is 6.72. The molecule has 2 aromatic carbocycles. The van der Waals surface area contributed by atoms with E-state index in [1.165, 1.54) is 7.11 Å². The Morgan fingerprint density at radius 2 is 1.82 bits per heavy atom. The summed E-state index contributed by atoms with van der Waals surface area (Å²) in [6, 6.07) is 11.5. The first-order valence-electron chi connectivity index (χ1n) is 9.15. The normalized spacial score (nSPS) is 11.3. The molecule has 6 heteroatoms. The lowest BCUT2D eigenvalue weighted by molar-refractivity contribution is -0.139. The molecule has 150 valence electrons. The van der Waals surface area contributed by atoms with Crippen LogP contribution in [0.1, 0.15) is 31.9 Å². The molecular formula is C22H28N2O4. The number of aryl methyl sites for hydroxylation is 1. The number of hydrogen-bond donors (Lipinski definition) is 1. The zero-order valence-electron chi connectivity index (χ0n) is 17.3. The number of nitrogens with zero attached hydrogens (tertiary/aromatic N) is 1. The van der Waals surface area contributed by atoms with E-state index in [9.17, 15) is 4.79 Å². The van der Waals surface area contributed by atoms with E-state index in [1.807, 2.05) is 64.1 Å². The summed E-state index contributed by atoms with van der Waals surface area (Å²) in [7, 11) is 2.95. The fourth-order valence-corrected chi connectivity index (χ4v) is 2.70. The van der Waals surface area contributed by atoms with Crippen molar-refractivity contribution in [3.63, 3.8) is 0 Å². The average Bonchev–Trinajstić information content (AvgIpc) is 2.65. The van der Waals surface area contributed by atoms with Crippen LogP contribution in [0.3, 0.4) is 0 Å². The zero-order valence-corrected chi connectivity index (χ0v) is 17.3. The number of amidine groups is 1. The van der Waals surface area contributed by atoms with Crippen molar-refractivity contribution in [1.82, 2.24) is 0 Å². The molecule has 0 saturated heterocycles. The van der Waals surface area contributed by atoms with E-state index < -0.39 is 0 Å². The number of ether oxygens (including phenoxy) is 3. The first-order valence-corrected chi connectivity index (χ1v) is 9.15. The van der Waals surface area contributed by atoms with Crippen molar-refractivity contribution in [2.45, 2.75) is 40.2 Å². The van der Waals surface area contributed by atoms with Crippen LogP contribution in [0.2, 0.25) is 0 Å². The summed E-state index contributed by atoms with van der Waals surface area (Å²) in [4.78, 5) is 16.3. The topological polar surface area (TPSA) is 69.2 Å². The molecule has 6 nitrogen and oxygen atoms in total. The van der Waals surface area contributed by atoms with E-state index in [2.05, 4.69) is 10.3 Å². The summed E-state index contributed by atoms with van der Waals surface area (Å²) in [5, 5.41) is 3.27. The first-order chi connectivity index (χ1) is 13.3. The molecule has 0 bridgehead atoms. The molecule has 0 fully saturated rings. The van der Waals surface area contributed by atoms with Gasteiger partial charge in [-0.2, -0.15) is 0 Å². The first kappa shape index (κ1) is 21.3. The zero-order chi connectivity index (χ0) is 20.7. The Balaban J connectivity index is 2.20. The molecule has 0 aliphatic carbocycles. The summed E-state index contributed by atoms with van der Waals surface area (Å²) in [5.41, 5.74) is 3.37. The Labute approximate surface area is 166 Å². The highest BCUT2D eigenvalue weighted by molar-refractivity contribution is 5.95. The maximum Gasteiger partial charge on any atom is 0.310 e. The van der Waals surface area contributed by atoms with Gasteiger partial charge in [0.15, 0.2) is 0 Å². The highest BCUT2D eigenvalue weighted by atomic mass is 16.5. The van der Waals surface area contributed by atoms with E-state index in [0.29, 0.717) is 5.75 Å². The maximum atomic E-state index is 11.7. The van der Waals surface area contributed by atoms with Crippen LogP contribution in [0, 0.1) is 6.92 Å². The van der Waals surface area contributed by atoms with Crippen LogP contribution in [-0.2, 0) is 16.0 Å². The van der Waals surface area contributed by atoms with Crippen LogP contribution in [0.25, 0.3) is 0 Å². The van der Waals surface area contributed by atoms with Gasteiger partial charge in [0.2, 0.25) is 0 Å². The molecule has 0 heterocycles. The highest BCUT2D eigenvalue weighted by Gasteiger charge is 2.12. The van der Waals surface area contributed by atoms with Crippen LogP contribution in [0.4, 0.5) is 11.4 Å². The third-order valence-corrected chi connectivity index (χ3v) is 4.00. The van der Waals surface area contributed by atoms with Crippen molar-refractivity contribution in [3.05, 3.63) is 47.5 Å². The van der Waals surface area contributed by atoms with E-state index in [4.69, 9.17) is 14.2 Å². The maximum absolute atomic E-state index is 11.7. The van der Waals surface area contributed by atoms with E-state index in [1.54, 1.807) is 7.11 Å². The molecule has 2 aromatic rings. The molecule has 0 unspecified atom stereocenters. The third-order valence-electron chi connectivity index (χ3n) is 4.00. The van der Waals surface area contributed by atoms with Gasteiger partial charge in [0, 0.05) is 11.3 Å². The van der Waals surface area contributed by atoms with Gasteiger partial charge >= 0.3 is 5.97 Å². The standard InChI is InChI=1S/C22H28N2O4/c1-14(2)28-19-9-7-18(8-10-19)23-16(4)24-20-12-17(13-22(25)27-6)21(26-5)11-15(20)3/h7-12,14H,13H2,1-6H3,(H,23,24). The van der Waals surface area contributed by atoms with Gasteiger partial charge < -0.3 is 19.5 Å².